The molecule has 6 nitrogen and oxygen atoms in total. The number of aromatic nitrogens is 2. The van der Waals surface area contributed by atoms with E-state index >= 15 is 0 Å². The third-order valence-corrected chi connectivity index (χ3v) is 3.67. The molecule has 1 aromatic rings. The van der Waals surface area contributed by atoms with Gasteiger partial charge in [0.1, 0.15) is 0 Å². The van der Waals surface area contributed by atoms with Gasteiger partial charge >= 0.3 is 0 Å². The summed E-state index contributed by atoms with van der Waals surface area (Å²) in [4.78, 5) is 13.3. The summed E-state index contributed by atoms with van der Waals surface area (Å²) in [6.45, 7) is 5.82. The molecule has 98 valence electrons. The molecule has 6 heteroatoms. The van der Waals surface area contributed by atoms with Crippen molar-refractivity contribution in [1.82, 2.24) is 14.9 Å². The zero-order chi connectivity index (χ0) is 12.4. The minimum absolute atomic E-state index is 0.607. The van der Waals surface area contributed by atoms with Crippen LogP contribution in [0.3, 0.4) is 0 Å². The third-order valence-electron chi connectivity index (χ3n) is 3.67. The Morgan fingerprint density at radius 3 is 2.61 bits per heavy atom. The molecule has 0 aromatic carbocycles. The predicted molar refractivity (Wildman–Crippen MR) is 69.5 cm³/mol. The molecule has 1 aromatic heterocycles. The van der Waals surface area contributed by atoms with Crippen LogP contribution in [-0.2, 0) is 4.74 Å². The molecule has 2 aliphatic heterocycles. The highest BCUT2D eigenvalue weighted by atomic mass is 16.5. The molecular formula is C12H19N5O. The maximum absolute atomic E-state index is 5.60. The Labute approximate surface area is 107 Å². The van der Waals surface area contributed by atoms with Gasteiger partial charge in [0.15, 0.2) is 0 Å². The molecule has 0 radical (unpaired) electrons. The monoisotopic (exact) mass is 249 g/mol. The Morgan fingerprint density at radius 1 is 1.17 bits per heavy atom. The molecule has 3 rings (SSSR count). The fourth-order valence-electron chi connectivity index (χ4n) is 2.66. The van der Waals surface area contributed by atoms with Gasteiger partial charge in [-0.2, -0.15) is 0 Å². The summed E-state index contributed by atoms with van der Waals surface area (Å²) < 4.78 is 5.39. The standard InChI is InChI=1S/C12H19N5O/c13-10-7-14-12(15-8-10)17-2-1-11(9-17)16-3-5-18-6-4-16/h7-8,11H,1-6,9,13H2. The number of ether oxygens (including phenoxy) is 1. The van der Waals surface area contributed by atoms with Gasteiger partial charge in [-0.1, -0.05) is 0 Å². The normalized spacial score (nSPS) is 25.6. The van der Waals surface area contributed by atoms with E-state index in [4.69, 9.17) is 10.5 Å². The quantitative estimate of drug-likeness (QED) is 0.794. The van der Waals surface area contributed by atoms with Gasteiger partial charge in [0.2, 0.25) is 5.95 Å². The van der Waals surface area contributed by atoms with E-state index in [9.17, 15) is 0 Å². The lowest BCUT2D eigenvalue weighted by Crippen LogP contribution is -2.44. The molecule has 0 amide bonds. The van der Waals surface area contributed by atoms with Crippen molar-refractivity contribution in [3.63, 3.8) is 0 Å². The number of hydrogen-bond donors (Lipinski definition) is 1. The van der Waals surface area contributed by atoms with Crippen molar-refractivity contribution in [2.45, 2.75) is 12.5 Å². The van der Waals surface area contributed by atoms with E-state index in [0.29, 0.717) is 11.7 Å². The summed E-state index contributed by atoms with van der Waals surface area (Å²) in [6.07, 6.45) is 4.52. The minimum Gasteiger partial charge on any atom is -0.396 e. The molecule has 2 aliphatic rings. The van der Waals surface area contributed by atoms with Crippen molar-refractivity contribution in [2.24, 2.45) is 0 Å². The van der Waals surface area contributed by atoms with E-state index in [2.05, 4.69) is 19.8 Å². The van der Waals surface area contributed by atoms with Gasteiger partial charge in [0.05, 0.1) is 31.3 Å². The summed E-state index contributed by atoms with van der Waals surface area (Å²) in [5.41, 5.74) is 6.22. The Bertz CT molecular complexity index is 390. The van der Waals surface area contributed by atoms with Crippen molar-refractivity contribution in [3.8, 4) is 0 Å². The number of nitrogen functional groups attached to an aromatic ring is 1. The molecule has 2 fully saturated rings. The largest absolute Gasteiger partial charge is 0.396 e. The predicted octanol–water partition coefficient (Wildman–Crippen LogP) is -0.0303. The molecule has 0 aliphatic carbocycles. The van der Waals surface area contributed by atoms with E-state index < -0.39 is 0 Å². The lowest BCUT2D eigenvalue weighted by Gasteiger charge is -2.32. The first-order valence-corrected chi connectivity index (χ1v) is 6.47. The molecule has 18 heavy (non-hydrogen) atoms. The van der Waals surface area contributed by atoms with Crippen molar-refractivity contribution in [2.75, 3.05) is 50.0 Å². The van der Waals surface area contributed by atoms with Crippen LogP contribution >= 0.6 is 0 Å². The van der Waals surface area contributed by atoms with E-state index in [1.54, 1.807) is 12.4 Å². The Morgan fingerprint density at radius 2 is 1.89 bits per heavy atom. The van der Waals surface area contributed by atoms with Crippen LogP contribution in [0.15, 0.2) is 12.4 Å². The Balaban J connectivity index is 1.62. The van der Waals surface area contributed by atoms with Crippen LogP contribution in [0.2, 0.25) is 0 Å². The average Bonchev–Trinajstić information content (AvgIpc) is 2.90. The summed E-state index contributed by atoms with van der Waals surface area (Å²) in [6, 6.07) is 0.607. The number of anilines is 2. The second-order valence-electron chi connectivity index (χ2n) is 4.85. The maximum atomic E-state index is 5.60. The SMILES string of the molecule is Nc1cnc(N2CCC(N3CCOCC3)C2)nc1. The highest BCUT2D eigenvalue weighted by Crippen LogP contribution is 2.20. The molecule has 0 spiro atoms. The van der Waals surface area contributed by atoms with Crippen LogP contribution in [0, 0.1) is 0 Å². The van der Waals surface area contributed by atoms with Crippen LogP contribution in [-0.4, -0.2) is 60.3 Å². The molecule has 2 saturated heterocycles. The summed E-state index contributed by atoms with van der Waals surface area (Å²) in [5, 5.41) is 0. The van der Waals surface area contributed by atoms with E-state index in [1.807, 2.05) is 0 Å². The van der Waals surface area contributed by atoms with Crippen LogP contribution in [0.1, 0.15) is 6.42 Å². The fourth-order valence-corrected chi connectivity index (χ4v) is 2.66. The number of rotatable bonds is 2. The van der Waals surface area contributed by atoms with Crippen LogP contribution in [0.25, 0.3) is 0 Å². The van der Waals surface area contributed by atoms with Crippen molar-refractivity contribution in [1.29, 1.82) is 0 Å². The van der Waals surface area contributed by atoms with Gasteiger partial charge in [-0.25, -0.2) is 9.97 Å². The first-order chi connectivity index (χ1) is 8.83. The number of hydrogen-bond acceptors (Lipinski definition) is 6. The van der Waals surface area contributed by atoms with Crippen LogP contribution in [0.5, 0.6) is 0 Å². The van der Waals surface area contributed by atoms with E-state index in [-0.39, 0.29) is 0 Å². The van der Waals surface area contributed by atoms with Crippen LogP contribution < -0.4 is 10.6 Å². The molecule has 3 heterocycles. The zero-order valence-electron chi connectivity index (χ0n) is 10.5. The Hall–Kier alpha value is -1.40. The number of nitrogens with zero attached hydrogens (tertiary/aromatic N) is 4. The smallest absolute Gasteiger partial charge is 0.225 e. The fraction of sp³-hybridized carbons (Fsp3) is 0.667. The summed E-state index contributed by atoms with van der Waals surface area (Å²) in [7, 11) is 0. The van der Waals surface area contributed by atoms with E-state index in [1.165, 1.54) is 6.42 Å². The second-order valence-corrected chi connectivity index (χ2v) is 4.85. The average molecular weight is 249 g/mol. The number of morpholine rings is 1. The lowest BCUT2D eigenvalue weighted by molar-refractivity contribution is 0.0209. The van der Waals surface area contributed by atoms with Crippen LogP contribution in [0.4, 0.5) is 11.6 Å². The van der Waals surface area contributed by atoms with Gasteiger partial charge in [-0.3, -0.25) is 4.90 Å². The van der Waals surface area contributed by atoms with Gasteiger partial charge < -0.3 is 15.4 Å². The molecule has 0 bridgehead atoms. The van der Waals surface area contributed by atoms with Gasteiger partial charge in [-0.05, 0) is 6.42 Å². The topological polar surface area (TPSA) is 67.5 Å². The zero-order valence-corrected chi connectivity index (χ0v) is 10.5. The lowest BCUT2D eigenvalue weighted by atomic mass is 10.2. The van der Waals surface area contributed by atoms with Crippen molar-refractivity contribution >= 4 is 11.6 Å². The van der Waals surface area contributed by atoms with E-state index in [0.717, 1.165) is 45.3 Å². The molecular weight excluding hydrogens is 230 g/mol. The highest BCUT2D eigenvalue weighted by Gasteiger charge is 2.29. The highest BCUT2D eigenvalue weighted by molar-refractivity contribution is 5.38. The summed E-state index contributed by atoms with van der Waals surface area (Å²) >= 11 is 0. The Kier molecular flexibility index (Phi) is 3.29. The molecule has 1 atom stereocenters. The molecule has 2 N–H and O–H groups in total. The van der Waals surface area contributed by atoms with Gasteiger partial charge in [0, 0.05) is 32.2 Å². The molecule has 1 unspecified atom stereocenters. The van der Waals surface area contributed by atoms with Gasteiger partial charge in [-0.15, -0.1) is 0 Å². The van der Waals surface area contributed by atoms with Gasteiger partial charge in [0.25, 0.3) is 0 Å². The molecule has 0 saturated carbocycles. The number of nitrogens with two attached hydrogens (primary N) is 1. The maximum Gasteiger partial charge on any atom is 0.225 e. The van der Waals surface area contributed by atoms with Crippen molar-refractivity contribution < 1.29 is 4.74 Å². The third kappa shape index (κ3) is 2.39. The summed E-state index contributed by atoms with van der Waals surface area (Å²) in [5.74, 6) is 0.792. The van der Waals surface area contributed by atoms with Crippen molar-refractivity contribution in [3.05, 3.63) is 12.4 Å². The minimum atomic E-state index is 0.607. The second kappa shape index (κ2) is 5.07. The first kappa shape index (κ1) is 11.7. The first-order valence-electron chi connectivity index (χ1n) is 6.47.